The summed E-state index contributed by atoms with van der Waals surface area (Å²) in [6, 6.07) is 0. The summed E-state index contributed by atoms with van der Waals surface area (Å²) in [7, 11) is -1.96. The summed E-state index contributed by atoms with van der Waals surface area (Å²) < 4.78 is 6.77. The second-order valence-electron chi connectivity index (χ2n) is 7.34. The summed E-state index contributed by atoms with van der Waals surface area (Å²) in [5.41, 5.74) is 1.56. The molecule has 0 amide bonds. The van der Waals surface area contributed by atoms with Crippen LogP contribution in [0.2, 0.25) is 16.6 Å². The zero-order chi connectivity index (χ0) is 16.4. The third kappa shape index (κ3) is 3.78. The monoisotopic (exact) mass is 312 g/mol. The van der Waals surface area contributed by atoms with Crippen LogP contribution in [0.4, 0.5) is 0 Å². The minimum atomic E-state index is -1.96. The zero-order valence-electron chi connectivity index (χ0n) is 14.4. The lowest BCUT2D eigenvalue weighted by molar-refractivity contribution is -0.139. The van der Waals surface area contributed by atoms with Gasteiger partial charge in [0, 0.05) is 0 Å². The minimum absolute atomic E-state index is 0.0301. The maximum absolute atomic E-state index is 11.2. The number of carbonyl (C=O) groups is 1. The molecular formula is C17H32O3Si. The molecule has 1 aliphatic carbocycles. The maximum atomic E-state index is 11.2. The Bertz CT molecular complexity index is 354. The Morgan fingerprint density at radius 3 is 2.00 bits per heavy atom. The molecule has 1 rings (SSSR count). The van der Waals surface area contributed by atoms with Crippen molar-refractivity contribution in [1.29, 1.82) is 0 Å². The Morgan fingerprint density at radius 1 is 1.24 bits per heavy atom. The molecule has 4 heteroatoms. The van der Waals surface area contributed by atoms with Gasteiger partial charge in [0.2, 0.25) is 8.32 Å². The first-order valence-electron chi connectivity index (χ1n) is 8.19. The van der Waals surface area contributed by atoms with Gasteiger partial charge in [0.15, 0.2) is 0 Å². The molecule has 0 aromatic carbocycles. The van der Waals surface area contributed by atoms with Crippen LogP contribution in [0.5, 0.6) is 0 Å². The molecule has 0 aromatic rings. The Hall–Kier alpha value is -0.613. The SMILES string of the molecule is C=CC[C@H](O[Si](C(C)C)(C(C)C)C(C)C)[C@@H]1C[C@@H]1C(=O)O. The molecule has 1 N–H and O–H groups in total. The second-order valence-corrected chi connectivity index (χ2v) is 12.7. The normalized spacial score (nSPS) is 23.7. The number of hydrogen-bond donors (Lipinski definition) is 1. The van der Waals surface area contributed by atoms with Crippen LogP contribution in [-0.4, -0.2) is 25.5 Å². The molecule has 1 aliphatic rings. The van der Waals surface area contributed by atoms with Crippen molar-refractivity contribution < 1.29 is 14.3 Å². The van der Waals surface area contributed by atoms with E-state index in [0.29, 0.717) is 16.6 Å². The molecule has 1 saturated carbocycles. The van der Waals surface area contributed by atoms with Crippen LogP contribution >= 0.6 is 0 Å². The fourth-order valence-corrected chi connectivity index (χ4v) is 9.67. The summed E-state index contributed by atoms with van der Waals surface area (Å²) in [5, 5.41) is 9.20. The van der Waals surface area contributed by atoms with E-state index < -0.39 is 14.3 Å². The lowest BCUT2D eigenvalue weighted by Crippen LogP contribution is -2.50. The van der Waals surface area contributed by atoms with Crippen LogP contribution in [0.1, 0.15) is 54.4 Å². The van der Waals surface area contributed by atoms with Gasteiger partial charge in [-0.2, -0.15) is 0 Å². The van der Waals surface area contributed by atoms with Crippen LogP contribution in [0.25, 0.3) is 0 Å². The molecule has 0 unspecified atom stereocenters. The second kappa shape index (κ2) is 7.10. The predicted molar refractivity (Wildman–Crippen MR) is 90.0 cm³/mol. The van der Waals surface area contributed by atoms with Gasteiger partial charge >= 0.3 is 5.97 Å². The molecule has 0 heterocycles. The van der Waals surface area contributed by atoms with Crippen molar-refractivity contribution in [3.8, 4) is 0 Å². The largest absolute Gasteiger partial charge is 0.481 e. The molecular weight excluding hydrogens is 280 g/mol. The molecule has 3 nitrogen and oxygen atoms in total. The number of carboxylic acid groups (broad SMARTS) is 1. The number of carboxylic acids is 1. The number of rotatable bonds is 9. The molecule has 0 bridgehead atoms. The highest BCUT2D eigenvalue weighted by molar-refractivity contribution is 6.77. The Kier molecular flexibility index (Phi) is 6.23. The van der Waals surface area contributed by atoms with Crippen molar-refractivity contribution in [2.75, 3.05) is 0 Å². The third-order valence-electron chi connectivity index (χ3n) is 5.10. The summed E-state index contributed by atoms with van der Waals surface area (Å²) >= 11 is 0. The first kappa shape index (κ1) is 18.4. The van der Waals surface area contributed by atoms with E-state index in [-0.39, 0.29) is 17.9 Å². The first-order valence-corrected chi connectivity index (χ1v) is 10.3. The Morgan fingerprint density at radius 2 is 1.71 bits per heavy atom. The molecule has 0 aliphatic heterocycles. The molecule has 0 saturated heterocycles. The van der Waals surface area contributed by atoms with Crippen LogP contribution < -0.4 is 0 Å². The summed E-state index contributed by atoms with van der Waals surface area (Å²) in [5.74, 6) is -0.722. The van der Waals surface area contributed by atoms with Gasteiger partial charge in [-0.05, 0) is 35.4 Å². The average Bonchev–Trinajstić information content (AvgIpc) is 3.13. The van der Waals surface area contributed by atoms with Gasteiger partial charge in [0.1, 0.15) is 0 Å². The number of hydrogen-bond acceptors (Lipinski definition) is 2. The van der Waals surface area contributed by atoms with Gasteiger partial charge in [0.25, 0.3) is 0 Å². The Balaban J connectivity index is 2.98. The zero-order valence-corrected chi connectivity index (χ0v) is 15.4. The highest BCUT2D eigenvalue weighted by atomic mass is 28.4. The smallest absolute Gasteiger partial charge is 0.306 e. The van der Waals surface area contributed by atoms with Gasteiger partial charge in [-0.1, -0.05) is 47.6 Å². The molecule has 1 fully saturated rings. The third-order valence-corrected chi connectivity index (χ3v) is 11.2. The predicted octanol–water partition coefficient (Wildman–Crippen LogP) is 4.84. The van der Waals surface area contributed by atoms with E-state index in [4.69, 9.17) is 4.43 Å². The molecule has 3 atom stereocenters. The van der Waals surface area contributed by atoms with Crippen molar-refractivity contribution in [1.82, 2.24) is 0 Å². The van der Waals surface area contributed by atoms with Crippen molar-refractivity contribution >= 4 is 14.3 Å². The van der Waals surface area contributed by atoms with E-state index >= 15 is 0 Å². The maximum Gasteiger partial charge on any atom is 0.306 e. The van der Waals surface area contributed by atoms with Gasteiger partial charge in [0.05, 0.1) is 12.0 Å². The van der Waals surface area contributed by atoms with Crippen molar-refractivity contribution in [3.05, 3.63) is 12.7 Å². The molecule has 21 heavy (non-hydrogen) atoms. The van der Waals surface area contributed by atoms with E-state index in [1.165, 1.54) is 0 Å². The van der Waals surface area contributed by atoms with Crippen LogP contribution in [0, 0.1) is 11.8 Å². The molecule has 0 aromatic heterocycles. The van der Waals surface area contributed by atoms with Gasteiger partial charge in [-0.3, -0.25) is 4.79 Å². The average molecular weight is 313 g/mol. The molecule has 0 spiro atoms. The van der Waals surface area contributed by atoms with Crippen molar-refractivity contribution in [2.24, 2.45) is 11.8 Å². The van der Waals surface area contributed by atoms with E-state index in [2.05, 4.69) is 48.1 Å². The van der Waals surface area contributed by atoms with E-state index in [9.17, 15) is 9.90 Å². The van der Waals surface area contributed by atoms with Crippen LogP contribution in [0.15, 0.2) is 12.7 Å². The van der Waals surface area contributed by atoms with Gasteiger partial charge in [-0.15, -0.1) is 6.58 Å². The lowest BCUT2D eigenvalue weighted by atomic mass is 10.1. The lowest BCUT2D eigenvalue weighted by Gasteiger charge is -2.44. The number of aliphatic carboxylic acids is 1. The fraction of sp³-hybridized carbons (Fsp3) is 0.824. The standard InChI is InChI=1S/C17H32O3Si/c1-8-9-16(14-10-15(14)17(18)19)20-21(11(2)3,12(4)5)13(6)7/h8,11-16H,1,9-10H2,2-7H3,(H,18,19)/t14-,15+,16+/m1/s1. The van der Waals surface area contributed by atoms with Gasteiger partial charge < -0.3 is 9.53 Å². The summed E-state index contributed by atoms with van der Waals surface area (Å²) in [4.78, 5) is 11.2. The van der Waals surface area contributed by atoms with Crippen molar-refractivity contribution in [3.63, 3.8) is 0 Å². The summed E-state index contributed by atoms with van der Waals surface area (Å²) in [6.45, 7) is 17.4. The fourth-order valence-electron chi connectivity index (χ4n) is 4.05. The Labute approximate surface area is 130 Å². The quantitative estimate of drug-likeness (QED) is 0.489. The minimum Gasteiger partial charge on any atom is -0.481 e. The highest BCUT2D eigenvalue weighted by Gasteiger charge is 2.53. The first-order chi connectivity index (χ1) is 9.68. The van der Waals surface area contributed by atoms with E-state index in [0.717, 1.165) is 12.8 Å². The van der Waals surface area contributed by atoms with Crippen LogP contribution in [-0.2, 0) is 9.22 Å². The van der Waals surface area contributed by atoms with Crippen molar-refractivity contribution in [2.45, 2.75) is 77.1 Å². The van der Waals surface area contributed by atoms with E-state index in [1.54, 1.807) is 0 Å². The topological polar surface area (TPSA) is 46.5 Å². The van der Waals surface area contributed by atoms with Crippen LogP contribution in [0.3, 0.4) is 0 Å². The highest BCUT2D eigenvalue weighted by Crippen LogP contribution is 2.49. The van der Waals surface area contributed by atoms with E-state index in [1.807, 2.05) is 6.08 Å². The molecule has 0 radical (unpaired) electrons. The summed E-state index contributed by atoms with van der Waals surface area (Å²) in [6.07, 6.45) is 3.42. The van der Waals surface area contributed by atoms with Gasteiger partial charge in [-0.25, -0.2) is 0 Å². The molecule has 122 valence electrons.